The molecule has 0 bridgehead atoms. The normalized spacial score (nSPS) is 13.7. The van der Waals surface area contributed by atoms with Gasteiger partial charge in [0.15, 0.2) is 0 Å². The van der Waals surface area contributed by atoms with Gasteiger partial charge in [-0.05, 0) is 38.3 Å². The van der Waals surface area contributed by atoms with Gasteiger partial charge in [0.1, 0.15) is 10.7 Å². The lowest BCUT2D eigenvalue weighted by atomic mass is 10.1. The Balaban J connectivity index is 1.73. The first-order valence-electron chi connectivity index (χ1n) is 9.46. The van der Waals surface area contributed by atoms with Gasteiger partial charge >= 0.3 is 0 Å². The Labute approximate surface area is 170 Å². The molecule has 0 saturated heterocycles. The van der Waals surface area contributed by atoms with Gasteiger partial charge < -0.3 is 5.32 Å². The number of rotatable bonds is 3. The van der Waals surface area contributed by atoms with Crippen molar-refractivity contribution in [2.24, 2.45) is 0 Å². The zero-order chi connectivity index (χ0) is 20.7. The first-order valence-corrected chi connectivity index (χ1v) is 10.3. The molecule has 0 saturated carbocycles. The molecule has 9 heteroatoms. The van der Waals surface area contributed by atoms with Gasteiger partial charge in [0.05, 0.1) is 15.2 Å². The number of hydrogen-bond acceptors (Lipinski definition) is 6. The highest BCUT2D eigenvalue weighted by atomic mass is 32.1. The molecule has 1 aromatic carbocycles. The van der Waals surface area contributed by atoms with E-state index in [9.17, 15) is 19.7 Å². The Morgan fingerprint density at radius 1 is 1.28 bits per heavy atom. The molecule has 4 rings (SSSR count). The van der Waals surface area contributed by atoms with Gasteiger partial charge in [-0.15, -0.1) is 11.3 Å². The lowest BCUT2D eigenvalue weighted by Crippen LogP contribution is -2.24. The predicted octanol–water partition coefficient (Wildman–Crippen LogP) is 3.96. The molecule has 0 atom stereocenters. The van der Waals surface area contributed by atoms with Gasteiger partial charge in [-0.2, -0.15) is 0 Å². The first-order chi connectivity index (χ1) is 13.9. The van der Waals surface area contributed by atoms with Crippen LogP contribution in [0.5, 0.6) is 0 Å². The van der Waals surface area contributed by atoms with Crippen LogP contribution in [0, 0.1) is 24.0 Å². The number of thiophene rings is 1. The third kappa shape index (κ3) is 3.42. The smallest absolute Gasteiger partial charge is 0.274 e. The van der Waals surface area contributed by atoms with Crippen LogP contribution in [-0.2, 0) is 13.0 Å². The SMILES string of the molecule is Cc1ccc(NC(=O)c2sc3nc4n(c(=O)c3c2C)CCCCC4)cc1[N+](=O)[O-]. The number of carbonyl (C=O) groups excluding carboxylic acids is 1. The first kappa shape index (κ1) is 19.3. The van der Waals surface area contributed by atoms with E-state index in [1.54, 1.807) is 30.5 Å². The third-order valence-corrected chi connectivity index (χ3v) is 6.47. The van der Waals surface area contributed by atoms with E-state index < -0.39 is 10.8 Å². The molecule has 1 N–H and O–H groups in total. The van der Waals surface area contributed by atoms with E-state index in [0.717, 1.165) is 31.5 Å². The second-order valence-electron chi connectivity index (χ2n) is 7.24. The number of nitrogens with zero attached hydrogens (tertiary/aromatic N) is 3. The van der Waals surface area contributed by atoms with E-state index in [1.807, 2.05) is 0 Å². The van der Waals surface area contributed by atoms with Crippen molar-refractivity contribution in [1.29, 1.82) is 0 Å². The van der Waals surface area contributed by atoms with Gasteiger partial charge in [-0.25, -0.2) is 4.98 Å². The van der Waals surface area contributed by atoms with Crippen LogP contribution in [0.4, 0.5) is 11.4 Å². The molecule has 0 radical (unpaired) electrons. The predicted molar refractivity (Wildman–Crippen MR) is 112 cm³/mol. The van der Waals surface area contributed by atoms with Crippen molar-refractivity contribution in [1.82, 2.24) is 9.55 Å². The van der Waals surface area contributed by atoms with Gasteiger partial charge in [0.2, 0.25) is 0 Å². The molecular formula is C20H20N4O4S. The van der Waals surface area contributed by atoms with Crippen LogP contribution in [0.1, 0.15) is 45.9 Å². The number of benzene rings is 1. The summed E-state index contributed by atoms with van der Waals surface area (Å²) in [5, 5.41) is 14.3. The Hall–Kier alpha value is -3.07. The number of nitrogens with one attached hydrogen (secondary N) is 1. The van der Waals surface area contributed by atoms with Crippen LogP contribution in [0.2, 0.25) is 0 Å². The second-order valence-corrected chi connectivity index (χ2v) is 8.24. The fourth-order valence-corrected chi connectivity index (χ4v) is 4.78. The molecule has 0 fully saturated rings. The number of nitro benzene ring substituents is 1. The summed E-state index contributed by atoms with van der Waals surface area (Å²) < 4.78 is 1.74. The number of fused-ring (bicyclic) bond motifs is 2. The minimum atomic E-state index is -0.479. The Bertz CT molecular complexity index is 1210. The van der Waals surface area contributed by atoms with Crippen molar-refractivity contribution < 1.29 is 9.72 Å². The number of aromatic nitrogens is 2. The molecule has 29 heavy (non-hydrogen) atoms. The lowest BCUT2D eigenvalue weighted by Gasteiger charge is -2.08. The maximum absolute atomic E-state index is 13.0. The Kier molecular flexibility index (Phi) is 4.91. The molecule has 0 unspecified atom stereocenters. The molecule has 1 aliphatic heterocycles. The van der Waals surface area contributed by atoms with Crippen molar-refractivity contribution in [3.8, 4) is 0 Å². The van der Waals surface area contributed by atoms with Crippen molar-refractivity contribution >= 4 is 38.8 Å². The average molecular weight is 412 g/mol. The summed E-state index contributed by atoms with van der Waals surface area (Å²) in [7, 11) is 0. The van der Waals surface area contributed by atoms with Crippen molar-refractivity contribution in [2.75, 3.05) is 5.32 Å². The topological polar surface area (TPSA) is 107 Å². The fraction of sp³-hybridized carbons (Fsp3) is 0.350. The van der Waals surface area contributed by atoms with Crippen LogP contribution in [-0.4, -0.2) is 20.4 Å². The van der Waals surface area contributed by atoms with E-state index in [4.69, 9.17) is 0 Å². The average Bonchev–Trinajstić information content (AvgIpc) is 2.85. The summed E-state index contributed by atoms with van der Waals surface area (Å²) in [6.07, 6.45) is 3.78. The summed E-state index contributed by atoms with van der Waals surface area (Å²) in [5.41, 5.74) is 1.31. The van der Waals surface area contributed by atoms with E-state index >= 15 is 0 Å². The number of hydrogen-bond donors (Lipinski definition) is 1. The molecule has 1 aliphatic rings. The second kappa shape index (κ2) is 7.40. The standard InChI is InChI=1S/C20H20N4O4S/c1-11-7-8-13(10-14(11)24(27)28)21-18(25)17-12(2)16-19(29-17)22-15-6-4-3-5-9-23(15)20(16)26/h7-8,10H,3-6,9H2,1-2H3,(H,21,25). The lowest BCUT2D eigenvalue weighted by molar-refractivity contribution is -0.385. The highest BCUT2D eigenvalue weighted by molar-refractivity contribution is 7.20. The molecule has 0 spiro atoms. The van der Waals surface area contributed by atoms with Crippen LogP contribution in [0.25, 0.3) is 10.2 Å². The number of nitro groups is 1. The largest absolute Gasteiger partial charge is 0.321 e. The van der Waals surface area contributed by atoms with Crippen molar-refractivity contribution in [3.63, 3.8) is 0 Å². The Morgan fingerprint density at radius 3 is 2.83 bits per heavy atom. The quantitative estimate of drug-likeness (QED) is 0.517. The van der Waals surface area contributed by atoms with E-state index in [0.29, 0.717) is 38.5 Å². The number of amides is 1. The number of aryl methyl sites for hydroxylation is 3. The van der Waals surface area contributed by atoms with Crippen LogP contribution >= 0.6 is 11.3 Å². The maximum Gasteiger partial charge on any atom is 0.274 e. The van der Waals surface area contributed by atoms with Crippen LogP contribution in [0.15, 0.2) is 23.0 Å². The molecular weight excluding hydrogens is 392 g/mol. The minimum Gasteiger partial charge on any atom is -0.321 e. The van der Waals surface area contributed by atoms with E-state index in [-0.39, 0.29) is 11.2 Å². The summed E-state index contributed by atoms with van der Waals surface area (Å²) in [4.78, 5) is 42.2. The van der Waals surface area contributed by atoms with Gasteiger partial charge in [0, 0.05) is 30.3 Å². The molecule has 2 aromatic heterocycles. The number of carbonyl (C=O) groups is 1. The van der Waals surface area contributed by atoms with E-state index in [1.165, 1.54) is 17.4 Å². The molecule has 150 valence electrons. The molecule has 8 nitrogen and oxygen atoms in total. The summed E-state index contributed by atoms with van der Waals surface area (Å²) in [5.74, 6) is 0.380. The van der Waals surface area contributed by atoms with Gasteiger partial charge in [0.25, 0.3) is 17.2 Å². The van der Waals surface area contributed by atoms with Gasteiger partial charge in [-0.1, -0.05) is 12.5 Å². The summed E-state index contributed by atoms with van der Waals surface area (Å²) in [6.45, 7) is 4.04. The zero-order valence-electron chi connectivity index (χ0n) is 16.2. The highest BCUT2D eigenvalue weighted by Crippen LogP contribution is 2.30. The molecule has 0 aliphatic carbocycles. The molecule has 3 heterocycles. The van der Waals surface area contributed by atoms with Crippen LogP contribution < -0.4 is 10.9 Å². The van der Waals surface area contributed by atoms with E-state index in [2.05, 4.69) is 10.3 Å². The number of anilines is 1. The zero-order valence-corrected chi connectivity index (χ0v) is 17.0. The Morgan fingerprint density at radius 2 is 2.07 bits per heavy atom. The summed E-state index contributed by atoms with van der Waals surface area (Å²) >= 11 is 1.19. The summed E-state index contributed by atoms with van der Waals surface area (Å²) in [6, 6.07) is 4.56. The maximum atomic E-state index is 13.0. The monoisotopic (exact) mass is 412 g/mol. The van der Waals surface area contributed by atoms with Gasteiger partial charge in [-0.3, -0.25) is 24.3 Å². The van der Waals surface area contributed by atoms with Crippen molar-refractivity contribution in [2.45, 2.75) is 46.1 Å². The van der Waals surface area contributed by atoms with Crippen molar-refractivity contribution in [3.05, 3.63) is 60.5 Å². The fourth-order valence-electron chi connectivity index (χ4n) is 3.70. The minimum absolute atomic E-state index is 0.0560. The molecule has 3 aromatic rings. The third-order valence-electron chi connectivity index (χ3n) is 5.28. The highest BCUT2D eigenvalue weighted by Gasteiger charge is 2.23. The van der Waals surface area contributed by atoms with Crippen LogP contribution in [0.3, 0.4) is 0 Å². The molecule has 1 amide bonds.